The topological polar surface area (TPSA) is 54.0 Å². The molecule has 0 aromatic heterocycles. The standard InChI is InChI=1S/C18H19BrO5/c1-21-15-7-5-14(19)10-13(15)11-24-18(20)9-12-4-6-16(22-2)17(8-12)23-3/h4-8,10H,9,11H2,1-3H3. The molecule has 2 rings (SSSR count). The third-order valence-corrected chi connectivity index (χ3v) is 3.92. The van der Waals surface area contributed by atoms with Crippen LogP contribution < -0.4 is 14.2 Å². The first kappa shape index (κ1) is 18.1. The van der Waals surface area contributed by atoms with Gasteiger partial charge in [0.1, 0.15) is 12.4 Å². The van der Waals surface area contributed by atoms with Gasteiger partial charge in [0, 0.05) is 10.0 Å². The van der Waals surface area contributed by atoms with Crippen LogP contribution in [0.1, 0.15) is 11.1 Å². The molecule has 0 saturated heterocycles. The zero-order valence-electron chi connectivity index (χ0n) is 13.8. The Balaban J connectivity index is 2.00. The van der Waals surface area contributed by atoms with Gasteiger partial charge in [0.25, 0.3) is 0 Å². The van der Waals surface area contributed by atoms with Gasteiger partial charge >= 0.3 is 5.97 Å². The number of esters is 1. The van der Waals surface area contributed by atoms with Crippen molar-refractivity contribution in [2.45, 2.75) is 13.0 Å². The monoisotopic (exact) mass is 394 g/mol. The Hall–Kier alpha value is -2.21. The Morgan fingerprint density at radius 3 is 2.25 bits per heavy atom. The van der Waals surface area contributed by atoms with E-state index in [1.807, 2.05) is 24.3 Å². The largest absolute Gasteiger partial charge is 0.496 e. The van der Waals surface area contributed by atoms with Gasteiger partial charge in [0.05, 0.1) is 27.8 Å². The Morgan fingerprint density at radius 1 is 0.917 bits per heavy atom. The molecule has 0 bridgehead atoms. The molecule has 0 radical (unpaired) electrons. The van der Waals surface area contributed by atoms with Crippen LogP contribution in [0.4, 0.5) is 0 Å². The molecule has 0 saturated carbocycles. The van der Waals surface area contributed by atoms with Crippen LogP contribution in [0, 0.1) is 0 Å². The molecule has 0 unspecified atom stereocenters. The smallest absolute Gasteiger partial charge is 0.310 e. The van der Waals surface area contributed by atoms with Gasteiger partial charge in [0.15, 0.2) is 11.5 Å². The summed E-state index contributed by atoms with van der Waals surface area (Å²) in [5, 5.41) is 0. The Bertz CT molecular complexity index is 715. The van der Waals surface area contributed by atoms with Crippen LogP contribution in [0.2, 0.25) is 0 Å². The van der Waals surface area contributed by atoms with Gasteiger partial charge in [0.2, 0.25) is 0 Å². The van der Waals surface area contributed by atoms with E-state index in [-0.39, 0.29) is 19.0 Å². The van der Waals surface area contributed by atoms with E-state index >= 15 is 0 Å². The quantitative estimate of drug-likeness (QED) is 0.669. The van der Waals surface area contributed by atoms with Crippen LogP contribution in [-0.2, 0) is 22.6 Å². The maximum atomic E-state index is 12.1. The highest BCUT2D eigenvalue weighted by atomic mass is 79.9. The van der Waals surface area contributed by atoms with E-state index in [1.165, 1.54) is 0 Å². The lowest BCUT2D eigenvalue weighted by atomic mass is 10.1. The number of carbonyl (C=O) groups excluding carboxylic acids is 1. The van der Waals surface area contributed by atoms with E-state index in [1.54, 1.807) is 33.5 Å². The van der Waals surface area contributed by atoms with Gasteiger partial charge in [-0.1, -0.05) is 22.0 Å². The summed E-state index contributed by atoms with van der Waals surface area (Å²) < 4.78 is 21.9. The average Bonchev–Trinajstić information content (AvgIpc) is 2.60. The van der Waals surface area contributed by atoms with E-state index < -0.39 is 0 Å². The second-order valence-corrected chi connectivity index (χ2v) is 5.90. The summed E-state index contributed by atoms with van der Waals surface area (Å²) in [6, 6.07) is 10.9. The number of rotatable bonds is 7. The first-order valence-electron chi connectivity index (χ1n) is 7.26. The van der Waals surface area contributed by atoms with E-state index in [4.69, 9.17) is 18.9 Å². The lowest BCUT2D eigenvalue weighted by Crippen LogP contribution is -2.09. The molecule has 128 valence electrons. The predicted molar refractivity (Wildman–Crippen MR) is 93.7 cm³/mol. The van der Waals surface area contributed by atoms with Crippen LogP contribution in [0.5, 0.6) is 17.2 Å². The van der Waals surface area contributed by atoms with E-state index in [9.17, 15) is 4.79 Å². The highest BCUT2D eigenvalue weighted by Crippen LogP contribution is 2.28. The minimum atomic E-state index is -0.329. The SMILES string of the molecule is COc1ccc(Br)cc1COC(=O)Cc1ccc(OC)c(OC)c1. The average molecular weight is 395 g/mol. The van der Waals surface area contributed by atoms with Gasteiger partial charge in [-0.2, -0.15) is 0 Å². The molecule has 5 nitrogen and oxygen atoms in total. The molecule has 2 aromatic carbocycles. The van der Waals surface area contributed by atoms with Crippen molar-refractivity contribution in [1.29, 1.82) is 0 Å². The number of hydrogen-bond donors (Lipinski definition) is 0. The maximum Gasteiger partial charge on any atom is 0.310 e. The lowest BCUT2D eigenvalue weighted by Gasteiger charge is -2.11. The maximum absolute atomic E-state index is 12.1. The van der Waals surface area contributed by atoms with Crippen LogP contribution in [0.15, 0.2) is 40.9 Å². The van der Waals surface area contributed by atoms with E-state index in [0.29, 0.717) is 17.2 Å². The molecule has 0 aliphatic carbocycles. The molecule has 6 heteroatoms. The fraction of sp³-hybridized carbons (Fsp3) is 0.278. The summed E-state index contributed by atoms with van der Waals surface area (Å²) in [5.41, 5.74) is 1.59. The van der Waals surface area contributed by atoms with Crippen molar-refractivity contribution >= 4 is 21.9 Å². The number of methoxy groups -OCH3 is 3. The zero-order valence-corrected chi connectivity index (χ0v) is 15.4. The van der Waals surface area contributed by atoms with E-state index in [0.717, 1.165) is 15.6 Å². The summed E-state index contributed by atoms with van der Waals surface area (Å²) in [4.78, 5) is 12.1. The van der Waals surface area contributed by atoms with Crippen LogP contribution >= 0.6 is 15.9 Å². The molecule has 0 amide bonds. The minimum absolute atomic E-state index is 0.148. The Labute approximate surface area is 149 Å². The molecule has 0 atom stereocenters. The predicted octanol–water partition coefficient (Wildman–Crippen LogP) is 3.76. The van der Waals surface area contributed by atoms with Crippen molar-refractivity contribution < 1.29 is 23.7 Å². The summed E-state index contributed by atoms with van der Waals surface area (Å²) in [6.45, 7) is 0.148. The normalized spacial score (nSPS) is 10.2. The molecule has 0 spiro atoms. The molecular formula is C18H19BrO5. The zero-order chi connectivity index (χ0) is 17.5. The van der Waals surface area contributed by atoms with Gasteiger partial charge < -0.3 is 18.9 Å². The third kappa shape index (κ3) is 4.64. The third-order valence-electron chi connectivity index (χ3n) is 3.43. The highest BCUT2D eigenvalue weighted by molar-refractivity contribution is 9.10. The van der Waals surface area contributed by atoms with Crippen molar-refractivity contribution in [2.75, 3.05) is 21.3 Å². The number of ether oxygens (including phenoxy) is 4. The van der Waals surface area contributed by atoms with Crippen molar-refractivity contribution in [3.63, 3.8) is 0 Å². The molecule has 0 fully saturated rings. The summed E-state index contributed by atoms with van der Waals surface area (Å²) in [7, 11) is 4.70. The molecule has 24 heavy (non-hydrogen) atoms. The van der Waals surface area contributed by atoms with Crippen molar-refractivity contribution in [3.8, 4) is 17.2 Å². The summed E-state index contributed by atoms with van der Waals surface area (Å²) in [5.74, 6) is 1.55. The second-order valence-electron chi connectivity index (χ2n) is 4.98. The highest BCUT2D eigenvalue weighted by Gasteiger charge is 2.11. The summed E-state index contributed by atoms with van der Waals surface area (Å²) in [6.07, 6.45) is 0.149. The fourth-order valence-electron chi connectivity index (χ4n) is 2.23. The number of carbonyl (C=O) groups is 1. The number of benzene rings is 2. The first-order chi connectivity index (χ1) is 11.6. The number of hydrogen-bond acceptors (Lipinski definition) is 5. The Kier molecular flexibility index (Phi) is 6.49. The van der Waals surface area contributed by atoms with Gasteiger partial charge in [-0.3, -0.25) is 4.79 Å². The van der Waals surface area contributed by atoms with Crippen LogP contribution in [0.3, 0.4) is 0 Å². The lowest BCUT2D eigenvalue weighted by molar-refractivity contribution is -0.144. The van der Waals surface area contributed by atoms with Crippen LogP contribution in [0.25, 0.3) is 0 Å². The van der Waals surface area contributed by atoms with Crippen molar-refractivity contribution in [2.24, 2.45) is 0 Å². The molecule has 0 N–H and O–H groups in total. The second kappa shape index (κ2) is 8.59. The van der Waals surface area contributed by atoms with Gasteiger partial charge in [-0.15, -0.1) is 0 Å². The van der Waals surface area contributed by atoms with Crippen molar-refractivity contribution in [1.82, 2.24) is 0 Å². The molecular weight excluding hydrogens is 376 g/mol. The number of halogens is 1. The molecule has 0 aliphatic heterocycles. The van der Waals surface area contributed by atoms with Crippen LogP contribution in [-0.4, -0.2) is 27.3 Å². The first-order valence-corrected chi connectivity index (χ1v) is 8.05. The van der Waals surface area contributed by atoms with Gasteiger partial charge in [-0.25, -0.2) is 0 Å². The molecule has 0 aliphatic rings. The van der Waals surface area contributed by atoms with E-state index in [2.05, 4.69) is 15.9 Å². The van der Waals surface area contributed by atoms with Crippen molar-refractivity contribution in [3.05, 3.63) is 52.0 Å². The minimum Gasteiger partial charge on any atom is -0.496 e. The summed E-state index contributed by atoms with van der Waals surface area (Å²) >= 11 is 3.39. The Morgan fingerprint density at radius 2 is 1.58 bits per heavy atom. The van der Waals surface area contributed by atoms with Gasteiger partial charge in [-0.05, 0) is 35.9 Å². The molecule has 2 aromatic rings. The molecule has 0 heterocycles. The fourth-order valence-corrected chi connectivity index (χ4v) is 2.63.